The van der Waals surface area contributed by atoms with Gasteiger partial charge in [0.15, 0.2) is 5.79 Å². The highest BCUT2D eigenvalue weighted by Gasteiger charge is 2.43. The van der Waals surface area contributed by atoms with Crippen molar-refractivity contribution in [3.8, 4) is 0 Å². The van der Waals surface area contributed by atoms with E-state index >= 15 is 0 Å². The van der Waals surface area contributed by atoms with Crippen molar-refractivity contribution in [1.29, 1.82) is 0 Å². The van der Waals surface area contributed by atoms with Crippen LogP contribution in [0.2, 0.25) is 0 Å². The minimum absolute atomic E-state index is 0.312. The number of ether oxygens (including phenoxy) is 2. The maximum absolute atomic E-state index is 5.72. The molecular formula is C12H19N3O2. The fourth-order valence-corrected chi connectivity index (χ4v) is 2.74. The average Bonchev–Trinajstić information content (AvgIpc) is 2.95. The van der Waals surface area contributed by atoms with Crippen molar-refractivity contribution in [3.63, 3.8) is 0 Å². The molecule has 2 aliphatic heterocycles. The summed E-state index contributed by atoms with van der Waals surface area (Å²) in [7, 11) is 2.00. The molecule has 5 heteroatoms. The Hall–Kier alpha value is -0.910. The van der Waals surface area contributed by atoms with Crippen molar-refractivity contribution >= 4 is 0 Å². The van der Waals surface area contributed by atoms with Crippen LogP contribution in [0.25, 0.3) is 0 Å². The maximum Gasteiger partial charge on any atom is 0.182 e. The Kier molecular flexibility index (Phi) is 2.69. The van der Waals surface area contributed by atoms with Crippen LogP contribution in [0.3, 0.4) is 0 Å². The zero-order chi connectivity index (χ0) is 11.9. The van der Waals surface area contributed by atoms with Crippen molar-refractivity contribution in [1.82, 2.24) is 14.7 Å². The summed E-state index contributed by atoms with van der Waals surface area (Å²) in [6, 6.07) is 2.14. The highest BCUT2D eigenvalue weighted by Crippen LogP contribution is 2.31. The monoisotopic (exact) mass is 237 g/mol. The van der Waals surface area contributed by atoms with Crippen molar-refractivity contribution in [2.24, 2.45) is 7.05 Å². The summed E-state index contributed by atoms with van der Waals surface area (Å²) in [5.74, 6) is -0.312. The third kappa shape index (κ3) is 2.10. The van der Waals surface area contributed by atoms with Crippen molar-refractivity contribution in [2.75, 3.05) is 26.3 Å². The van der Waals surface area contributed by atoms with Gasteiger partial charge in [-0.2, -0.15) is 5.10 Å². The van der Waals surface area contributed by atoms with Crippen molar-refractivity contribution in [3.05, 3.63) is 17.5 Å². The molecule has 0 saturated carbocycles. The van der Waals surface area contributed by atoms with E-state index in [9.17, 15) is 0 Å². The molecule has 0 bridgehead atoms. The van der Waals surface area contributed by atoms with Crippen LogP contribution >= 0.6 is 0 Å². The molecule has 5 nitrogen and oxygen atoms in total. The van der Waals surface area contributed by atoms with E-state index in [0.29, 0.717) is 0 Å². The van der Waals surface area contributed by atoms with Crippen molar-refractivity contribution in [2.45, 2.75) is 25.7 Å². The van der Waals surface area contributed by atoms with Crippen LogP contribution in [0, 0.1) is 6.92 Å². The Morgan fingerprint density at radius 3 is 2.82 bits per heavy atom. The fraction of sp³-hybridized carbons (Fsp3) is 0.750. The second-order valence-electron chi connectivity index (χ2n) is 4.97. The number of aryl methyl sites for hydroxylation is 2. The number of aromatic nitrogens is 2. The lowest BCUT2D eigenvalue weighted by Crippen LogP contribution is -2.34. The lowest BCUT2D eigenvalue weighted by Gasteiger charge is -2.22. The van der Waals surface area contributed by atoms with Gasteiger partial charge in [0.05, 0.1) is 31.1 Å². The minimum atomic E-state index is -0.312. The van der Waals surface area contributed by atoms with E-state index in [4.69, 9.17) is 9.47 Å². The van der Waals surface area contributed by atoms with Gasteiger partial charge in [-0.3, -0.25) is 9.58 Å². The Labute approximate surface area is 101 Å². The number of rotatable bonds is 2. The molecule has 1 aromatic heterocycles. The topological polar surface area (TPSA) is 39.5 Å². The van der Waals surface area contributed by atoms with Crippen LogP contribution in [-0.2, 0) is 23.1 Å². The molecule has 0 N–H and O–H groups in total. The van der Waals surface area contributed by atoms with E-state index in [1.807, 2.05) is 18.7 Å². The molecule has 1 spiro atoms. The van der Waals surface area contributed by atoms with Crippen molar-refractivity contribution < 1.29 is 9.47 Å². The van der Waals surface area contributed by atoms with E-state index in [1.54, 1.807) is 0 Å². The molecular weight excluding hydrogens is 218 g/mol. The first-order valence-corrected chi connectivity index (χ1v) is 6.17. The Balaban J connectivity index is 1.65. The normalized spacial score (nSPS) is 23.9. The van der Waals surface area contributed by atoms with Gasteiger partial charge in [0.1, 0.15) is 0 Å². The molecule has 3 rings (SSSR count). The third-order valence-corrected chi connectivity index (χ3v) is 3.57. The zero-order valence-electron chi connectivity index (χ0n) is 10.5. The first kappa shape index (κ1) is 11.2. The van der Waals surface area contributed by atoms with Crippen LogP contribution < -0.4 is 0 Å². The zero-order valence-corrected chi connectivity index (χ0v) is 10.5. The predicted molar refractivity (Wildman–Crippen MR) is 62.5 cm³/mol. The van der Waals surface area contributed by atoms with E-state index in [0.717, 1.165) is 45.0 Å². The molecule has 0 radical (unpaired) electrons. The first-order chi connectivity index (χ1) is 8.17. The van der Waals surface area contributed by atoms with E-state index in [-0.39, 0.29) is 5.79 Å². The highest BCUT2D eigenvalue weighted by molar-refractivity contribution is 5.09. The van der Waals surface area contributed by atoms with Crippen LogP contribution in [0.5, 0.6) is 0 Å². The second kappa shape index (κ2) is 4.08. The summed E-state index contributed by atoms with van der Waals surface area (Å²) in [4.78, 5) is 2.38. The smallest absolute Gasteiger partial charge is 0.182 e. The quantitative estimate of drug-likeness (QED) is 0.758. The average molecular weight is 237 g/mol. The maximum atomic E-state index is 5.72. The van der Waals surface area contributed by atoms with Crippen LogP contribution in [0.4, 0.5) is 0 Å². The summed E-state index contributed by atoms with van der Waals surface area (Å²) in [6.07, 6.45) is 0.976. The number of hydrogen-bond donors (Lipinski definition) is 0. The largest absolute Gasteiger partial charge is 0.346 e. The molecule has 2 saturated heterocycles. The van der Waals surface area contributed by atoms with Gasteiger partial charge in [-0.05, 0) is 13.0 Å². The molecule has 0 amide bonds. The molecule has 17 heavy (non-hydrogen) atoms. The van der Waals surface area contributed by atoms with Crippen LogP contribution in [0.15, 0.2) is 6.07 Å². The molecule has 94 valence electrons. The molecule has 2 fully saturated rings. The first-order valence-electron chi connectivity index (χ1n) is 6.17. The van der Waals surface area contributed by atoms with E-state index in [1.165, 1.54) is 5.69 Å². The molecule has 0 atom stereocenters. The van der Waals surface area contributed by atoms with Gasteiger partial charge in [-0.25, -0.2) is 0 Å². The molecule has 3 heterocycles. The van der Waals surface area contributed by atoms with Crippen LogP contribution in [0.1, 0.15) is 17.8 Å². The summed E-state index contributed by atoms with van der Waals surface area (Å²) in [5, 5.41) is 4.37. The number of hydrogen-bond acceptors (Lipinski definition) is 4. The number of nitrogens with zero attached hydrogens (tertiary/aromatic N) is 3. The van der Waals surface area contributed by atoms with E-state index < -0.39 is 0 Å². The molecule has 0 aliphatic carbocycles. The van der Waals surface area contributed by atoms with Gasteiger partial charge >= 0.3 is 0 Å². The lowest BCUT2D eigenvalue weighted by molar-refractivity contribution is -0.145. The van der Waals surface area contributed by atoms with Crippen LogP contribution in [-0.4, -0.2) is 46.8 Å². The Morgan fingerprint density at radius 1 is 1.41 bits per heavy atom. The van der Waals surface area contributed by atoms with E-state index in [2.05, 4.69) is 16.1 Å². The molecule has 0 aromatic carbocycles. The van der Waals surface area contributed by atoms with Gasteiger partial charge in [0.25, 0.3) is 0 Å². The number of likely N-dealkylation sites (tertiary alicyclic amines) is 1. The fourth-order valence-electron chi connectivity index (χ4n) is 2.74. The standard InChI is InChI=1S/C12H19N3O2/c1-10-7-11(14(2)13-10)8-15-4-3-12(9-15)16-5-6-17-12/h7H,3-6,8-9H2,1-2H3. The molecule has 0 unspecified atom stereocenters. The molecule has 1 aromatic rings. The van der Waals surface area contributed by atoms with Gasteiger partial charge in [0, 0.05) is 26.6 Å². The minimum Gasteiger partial charge on any atom is -0.346 e. The van der Waals surface area contributed by atoms with Gasteiger partial charge in [-0.1, -0.05) is 0 Å². The Morgan fingerprint density at radius 2 is 2.18 bits per heavy atom. The Bertz CT molecular complexity index is 410. The summed E-state index contributed by atoms with van der Waals surface area (Å²) in [5.41, 5.74) is 2.32. The third-order valence-electron chi connectivity index (χ3n) is 3.57. The summed E-state index contributed by atoms with van der Waals surface area (Å²) >= 11 is 0. The highest BCUT2D eigenvalue weighted by atomic mass is 16.7. The predicted octanol–water partition coefficient (Wildman–Crippen LogP) is 0.677. The SMILES string of the molecule is Cc1cc(CN2CCC3(C2)OCCO3)n(C)n1. The van der Waals surface area contributed by atoms with Gasteiger partial charge in [0.2, 0.25) is 0 Å². The molecule has 2 aliphatic rings. The summed E-state index contributed by atoms with van der Waals surface area (Å²) < 4.78 is 13.4. The lowest BCUT2D eigenvalue weighted by atomic mass is 10.2. The van der Waals surface area contributed by atoms with Gasteiger partial charge in [-0.15, -0.1) is 0 Å². The second-order valence-corrected chi connectivity index (χ2v) is 4.97. The van der Waals surface area contributed by atoms with Gasteiger partial charge < -0.3 is 9.47 Å². The summed E-state index contributed by atoms with van der Waals surface area (Å²) in [6.45, 7) is 6.32.